The van der Waals surface area contributed by atoms with Crippen molar-refractivity contribution in [2.24, 2.45) is 7.05 Å². The van der Waals surface area contributed by atoms with Crippen LogP contribution in [0.3, 0.4) is 0 Å². The van der Waals surface area contributed by atoms with Crippen molar-refractivity contribution in [1.82, 2.24) is 25.3 Å². The van der Waals surface area contributed by atoms with Crippen molar-refractivity contribution in [2.75, 3.05) is 29.9 Å². The molecule has 3 atom stereocenters. The van der Waals surface area contributed by atoms with E-state index in [-0.39, 0.29) is 5.75 Å². The molecule has 2 N–H and O–H groups in total. The molecule has 0 amide bonds. The van der Waals surface area contributed by atoms with Crippen LogP contribution in [0.4, 0.5) is 11.5 Å². The predicted molar refractivity (Wildman–Crippen MR) is 125 cm³/mol. The van der Waals surface area contributed by atoms with Gasteiger partial charge in [-0.15, -0.1) is 10.2 Å². The largest absolute Gasteiger partial charge is 0.507 e. The van der Waals surface area contributed by atoms with Gasteiger partial charge < -0.3 is 20.2 Å². The van der Waals surface area contributed by atoms with E-state index in [1.54, 1.807) is 16.9 Å². The van der Waals surface area contributed by atoms with Crippen molar-refractivity contribution >= 4 is 11.5 Å². The number of phenols is 1. The Morgan fingerprint density at radius 1 is 1.00 bits per heavy atom. The van der Waals surface area contributed by atoms with Crippen LogP contribution in [0.2, 0.25) is 0 Å². The van der Waals surface area contributed by atoms with E-state index in [0.29, 0.717) is 29.4 Å². The third-order valence-electron chi connectivity index (χ3n) is 7.32. The highest BCUT2D eigenvalue weighted by atomic mass is 16.3. The fraction of sp³-hybridized carbons (Fsp3) is 0.458. The highest BCUT2D eigenvalue weighted by molar-refractivity contribution is 5.79. The number of anilines is 2. The minimum Gasteiger partial charge on any atom is -0.507 e. The van der Waals surface area contributed by atoms with Gasteiger partial charge in [-0.05, 0) is 49.4 Å². The fourth-order valence-electron chi connectivity index (χ4n) is 5.61. The summed E-state index contributed by atoms with van der Waals surface area (Å²) < 4.78 is 1.75. The number of fused-ring (bicyclic) bond motifs is 3. The van der Waals surface area contributed by atoms with E-state index in [2.05, 4.69) is 43.5 Å². The van der Waals surface area contributed by atoms with E-state index in [1.165, 1.54) is 25.7 Å². The number of phenolic OH excluding ortho intramolecular Hbond substituents is 1. The summed E-state index contributed by atoms with van der Waals surface area (Å²) >= 11 is 0. The van der Waals surface area contributed by atoms with Crippen LogP contribution >= 0.6 is 0 Å². The van der Waals surface area contributed by atoms with Crippen LogP contribution in [0, 0.1) is 0 Å². The fourth-order valence-corrected chi connectivity index (χ4v) is 5.61. The Hall–Kier alpha value is -3.13. The van der Waals surface area contributed by atoms with Gasteiger partial charge in [0.25, 0.3) is 0 Å². The summed E-state index contributed by atoms with van der Waals surface area (Å²) in [7, 11) is 3.99. The quantitative estimate of drug-likeness (QED) is 0.660. The second kappa shape index (κ2) is 7.48. The number of hydrogen-bond donors (Lipinski definition) is 2. The lowest BCUT2D eigenvalue weighted by molar-refractivity contribution is 0.344. The van der Waals surface area contributed by atoms with Crippen LogP contribution in [0.15, 0.2) is 36.7 Å². The molecule has 0 saturated carbocycles. The first-order valence-electron chi connectivity index (χ1n) is 11.5. The molecule has 2 saturated heterocycles. The predicted octanol–water partition coefficient (Wildman–Crippen LogP) is 2.79. The summed E-state index contributed by atoms with van der Waals surface area (Å²) in [5, 5.41) is 28.0. The number of aromatic nitrogens is 4. The molecular weight excluding hydrogens is 402 g/mol. The van der Waals surface area contributed by atoms with Crippen molar-refractivity contribution in [3.63, 3.8) is 0 Å². The maximum atomic E-state index is 10.8. The van der Waals surface area contributed by atoms with Gasteiger partial charge in [-0.3, -0.25) is 4.68 Å². The zero-order valence-electron chi connectivity index (χ0n) is 18.6. The zero-order valence-corrected chi connectivity index (χ0v) is 18.6. The Morgan fingerprint density at radius 3 is 2.53 bits per heavy atom. The Bertz CT molecular complexity index is 1150. The third-order valence-corrected chi connectivity index (χ3v) is 7.32. The molecule has 1 aromatic carbocycles. The number of nitrogens with zero attached hydrogens (tertiary/aromatic N) is 6. The van der Waals surface area contributed by atoms with Gasteiger partial charge in [0.05, 0.1) is 17.6 Å². The number of nitrogens with one attached hydrogen (secondary N) is 1. The second-order valence-electron chi connectivity index (χ2n) is 9.45. The number of aryl methyl sites for hydroxylation is 1. The number of hydrogen-bond acceptors (Lipinski definition) is 7. The van der Waals surface area contributed by atoms with E-state index in [4.69, 9.17) is 0 Å². The molecule has 32 heavy (non-hydrogen) atoms. The van der Waals surface area contributed by atoms with Crippen molar-refractivity contribution in [1.29, 1.82) is 0 Å². The number of piperidine rings is 1. The first-order chi connectivity index (χ1) is 15.5. The molecule has 2 fully saturated rings. The molecule has 5 heterocycles. The molecule has 2 bridgehead atoms. The van der Waals surface area contributed by atoms with Crippen molar-refractivity contribution in [3.05, 3.63) is 36.7 Å². The molecule has 1 unspecified atom stereocenters. The van der Waals surface area contributed by atoms with Gasteiger partial charge in [0.2, 0.25) is 0 Å². The normalized spacial score (nSPS) is 24.6. The Morgan fingerprint density at radius 2 is 1.81 bits per heavy atom. The van der Waals surface area contributed by atoms with Crippen molar-refractivity contribution < 1.29 is 5.11 Å². The van der Waals surface area contributed by atoms with Crippen LogP contribution in [0.25, 0.3) is 22.4 Å². The molecule has 8 heteroatoms. The lowest BCUT2D eigenvalue weighted by Crippen LogP contribution is -2.52. The molecule has 8 nitrogen and oxygen atoms in total. The van der Waals surface area contributed by atoms with Crippen LogP contribution in [-0.4, -0.2) is 63.3 Å². The number of likely N-dealkylation sites (N-methyl/N-ethyl adjacent to an activating group) is 1. The molecule has 2 aromatic heterocycles. The molecular formula is C24H29N7O. The molecule has 0 radical (unpaired) electrons. The minimum atomic E-state index is 0.200. The standard InChI is InChI=1S/C24H29N7O/c1-29-7-8-31(19-10-17-4-5-18(11-19)26-17)24-22(29)12-21(27-28-24)20-6-3-15(9-23(20)32)16-13-25-30(2)14-16/h3,6,9,12-14,17-19,26,32H,4-5,7-8,10-11H2,1-2H3/t17-,18?,19-/m0/s1. The van der Waals surface area contributed by atoms with E-state index in [0.717, 1.165) is 35.7 Å². The average molecular weight is 432 g/mol. The van der Waals surface area contributed by atoms with E-state index in [1.807, 2.05) is 25.4 Å². The Kier molecular flexibility index (Phi) is 4.57. The summed E-state index contributed by atoms with van der Waals surface area (Å²) in [6.07, 6.45) is 8.67. The van der Waals surface area contributed by atoms with Gasteiger partial charge in [-0.25, -0.2) is 0 Å². The molecule has 3 aliphatic rings. The van der Waals surface area contributed by atoms with Crippen LogP contribution in [-0.2, 0) is 7.05 Å². The van der Waals surface area contributed by atoms with Crippen LogP contribution in [0.1, 0.15) is 25.7 Å². The van der Waals surface area contributed by atoms with E-state index in [9.17, 15) is 5.11 Å². The molecule has 3 aromatic rings. The van der Waals surface area contributed by atoms with Gasteiger partial charge in [-0.2, -0.15) is 5.10 Å². The molecule has 166 valence electrons. The molecule has 3 aliphatic heterocycles. The Balaban J connectivity index is 1.32. The SMILES string of the molecule is CN1CCN([C@@H]2CC3CC[C@@H](C2)N3)c2nnc(-c3ccc(-c4cnn(C)c4)cc3O)cc21. The summed E-state index contributed by atoms with van der Waals surface area (Å²) in [5.74, 6) is 1.17. The maximum absolute atomic E-state index is 10.8. The second-order valence-corrected chi connectivity index (χ2v) is 9.45. The van der Waals surface area contributed by atoms with Gasteiger partial charge in [-0.1, -0.05) is 6.07 Å². The maximum Gasteiger partial charge on any atom is 0.175 e. The first-order valence-corrected chi connectivity index (χ1v) is 11.5. The Labute approximate surface area is 187 Å². The van der Waals surface area contributed by atoms with Crippen molar-refractivity contribution in [2.45, 2.75) is 43.8 Å². The summed E-state index contributed by atoms with van der Waals surface area (Å²) in [4.78, 5) is 4.73. The zero-order chi connectivity index (χ0) is 21.8. The van der Waals surface area contributed by atoms with Gasteiger partial charge >= 0.3 is 0 Å². The average Bonchev–Trinajstić information content (AvgIpc) is 3.38. The van der Waals surface area contributed by atoms with E-state index >= 15 is 0 Å². The third kappa shape index (κ3) is 3.30. The lowest BCUT2D eigenvalue weighted by atomic mass is 9.97. The van der Waals surface area contributed by atoms with Crippen LogP contribution < -0.4 is 15.1 Å². The minimum absolute atomic E-state index is 0.200. The van der Waals surface area contributed by atoms with Gasteiger partial charge in [0.1, 0.15) is 5.75 Å². The van der Waals surface area contributed by atoms with Gasteiger partial charge in [0.15, 0.2) is 5.82 Å². The highest BCUT2D eigenvalue weighted by Crippen LogP contribution is 2.40. The van der Waals surface area contributed by atoms with E-state index < -0.39 is 0 Å². The summed E-state index contributed by atoms with van der Waals surface area (Å²) in [6, 6.07) is 9.56. The molecule has 0 aliphatic carbocycles. The molecule has 6 rings (SSSR count). The molecule has 0 spiro atoms. The smallest absolute Gasteiger partial charge is 0.175 e. The lowest BCUT2D eigenvalue weighted by Gasteiger charge is -2.43. The number of aromatic hydroxyl groups is 1. The van der Waals surface area contributed by atoms with Gasteiger partial charge in [0, 0.05) is 62.6 Å². The van der Waals surface area contributed by atoms with Crippen LogP contribution in [0.5, 0.6) is 5.75 Å². The summed E-state index contributed by atoms with van der Waals surface area (Å²) in [6.45, 7) is 1.94. The monoisotopic (exact) mass is 431 g/mol. The summed E-state index contributed by atoms with van der Waals surface area (Å²) in [5.41, 5.74) is 4.37. The topological polar surface area (TPSA) is 82.3 Å². The number of rotatable bonds is 3. The van der Waals surface area contributed by atoms with Crippen molar-refractivity contribution in [3.8, 4) is 28.1 Å². The number of benzene rings is 1. The highest BCUT2D eigenvalue weighted by Gasteiger charge is 2.38. The first kappa shape index (κ1) is 19.5.